The van der Waals surface area contributed by atoms with Crippen molar-refractivity contribution in [1.29, 1.82) is 0 Å². The first kappa shape index (κ1) is 10.1. The van der Waals surface area contributed by atoms with Gasteiger partial charge in [0.05, 0.1) is 11.6 Å². The fourth-order valence-corrected chi connectivity index (χ4v) is 2.35. The van der Waals surface area contributed by atoms with Gasteiger partial charge in [-0.15, -0.1) is 0 Å². The van der Waals surface area contributed by atoms with Crippen LogP contribution in [0.4, 0.5) is 0 Å². The van der Waals surface area contributed by atoms with Crippen molar-refractivity contribution < 1.29 is 9.90 Å². The number of hydrogen-bond acceptors (Lipinski definition) is 2. The van der Waals surface area contributed by atoms with E-state index in [1.807, 2.05) is 6.07 Å². The van der Waals surface area contributed by atoms with Crippen LogP contribution in [0.1, 0.15) is 37.7 Å². The average Bonchev–Trinajstić information content (AvgIpc) is 2.31. The molecule has 1 radical (unpaired) electrons. The van der Waals surface area contributed by atoms with Gasteiger partial charge in [0, 0.05) is 6.20 Å². The molecule has 0 aliphatic heterocycles. The van der Waals surface area contributed by atoms with E-state index in [9.17, 15) is 9.90 Å². The van der Waals surface area contributed by atoms with E-state index in [0.29, 0.717) is 12.8 Å². The fraction of sp³-hybridized carbons (Fsp3) is 0.500. The third-order valence-corrected chi connectivity index (χ3v) is 3.24. The van der Waals surface area contributed by atoms with Gasteiger partial charge >= 0.3 is 5.97 Å². The van der Waals surface area contributed by atoms with Crippen molar-refractivity contribution in [3.05, 3.63) is 30.1 Å². The standard InChI is InChI=1S/C12H14NO2/c14-11(15)12(6-2-1-3-7-12)10-5-4-8-13-9-10/h4-5,8H,1-3,6-7H2,(H,14,15). The second-order valence-corrected chi connectivity index (χ2v) is 4.11. The topological polar surface area (TPSA) is 50.2 Å². The van der Waals surface area contributed by atoms with E-state index in [2.05, 4.69) is 11.2 Å². The van der Waals surface area contributed by atoms with Crippen molar-refractivity contribution in [2.75, 3.05) is 0 Å². The molecule has 0 amide bonds. The molecule has 1 aromatic rings. The summed E-state index contributed by atoms with van der Waals surface area (Å²) in [4.78, 5) is 15.3. The lowest BCUT2D eigenvalue weighted by atomic mass is 9.70. The smallest absolute Gasteiger partial charge is 0.314 e. The zero-order valence-electron chi connectivity index (χ0n) is 8.57. The fourth-order valence-electron chi connectivity index (χ4n) is 2.35. The van der Waals surface area contributed by atoms with E-state index < -0.39 is 11.4 Å². The third-order valence-electron chi connectivity index (χ3n) is 3.24. The Morgan fingerprint density at radius 3 is 2.67 bits per heavy atom. The van der Waals surface area contributed by atoms with Crippen molar-refractivity contribution in [2.24, 2.45) is 0 Å². The number of pyridine rings is 1. The van der Waals surface area contributed by atoms with Gasteiger partial charge in [0.1, 0.15) is 0 Å². The van der Waals surface area contributed by atoms with Crippen LogP contribution in [0.5, 0.6) is 0 Å². The van der Waals surface area contributed by atoms with Crippen LogP contribution in [0.25, 0.3) is 0 Å². The number of rotatable bonds is 2. The second-order valence-electron chi connectivity index (χ2n) is 4.11. The summed E-state index contributed by atoms with van der Waals surface area (Å²) >= 11 is 0. The van der Waals surface area contributed by atoms with Crippen LogP contribution in [0.2, 0.25) is 0 Å². The molecule has 1 aliphatic rings. The summed E-state index contributed by atoms with van der Waals surface area (Å²) in [6.07, 6.45) is 8.98. The molecule has 1 aromatic heterocycles. The van der Waals surface area contributed by atoms with E-state index in [0.717, 1.165) is 24.8 Å². The number of nitrogens with zero attached hydrogens (tertiary/aromatic N) is 1. The van der Waals surface area contributed by atoms with Gasteiger partial charge in [-0.2, -0.15) is 0 Å². The Labute approximate surface area is 89.2 Å². The van der Waals surface area contributed by atoms with Crippen molar-refractivity contribution >= 4 is 5.97 Å². The minimum Gasteiger partial charge on any atom is -0.481 e. The Hall–Kier alpha value is -1.38. The molecule has 1 fully saturated rings. The molecule has 1 aliphatic carbocycles. The van der Waals surface area contributed by atoms with E-state index in [4.69, 9.17) is 0 Å². The van der Waals surface area contributed by atoms with Crippen LogP contribution in [0.3, 0.4) is 0 Å². The highest BCUT2D eigenvalue weighted by atomic mass is 16.4. The summed E-state index contributed by atoms with van der Waals surface area (Å²) < 4.78 is 0. The quantitative estimate of drug-likeness (QED) is 0.803. The second kappa shape index (κ2) is 4.01. The summed E-state index contributed by atoms with van der Waals surface area (Å²) in [6.45, 7) is 0. The first-order valence-electron chi connectivity index (χ1n) is 5.32. The van der Waals surface area contributed by atoms with Crippen LogP contribution in [0, 0.1) is 6.20 Å². The first-order chi connectivity index (χ1) is 7.26. The molecule has 79 valence electrons. The molecule has 0 atom stereocenters. The zero-order valence-corrected chi connectivity index (χ0v) is 8.57. The van der Waals surface area contributed by atoms with Gasteiger partial charge in [-0.3, -0.25) is 9.78 Å². The highest BCUT2D eigenvalue weighted by molar-refractivity contribution is 5.81. The number of carbonyl (C=O) groups is 1. The SMILES string of the molecule is O=C(O)C1(c2[c]nccc2)CCCCC1. The van der Waals surface area contributed by atoms with Gasteiger partial charge in [0.25, 0.3) is 0 Å². The molecular weight excluding hydrogens is 190 g/mol. The molecule has 15 heavy (non-hydrogen) atoms. The first-order valence-corrected chi connectivity index (χ1v) is 5.32. The van der Waals surface area contributed by atoms with Gasteiger partial charge in [-0.25, -0.2) is 0 Å². The Morgan fingerprint density at radius 2 is 2.13 bits per heavy atom. The minimum absolute atomic E-state index is 0.713. The highest BCUT2D eigenvalue weighted by Gasteiger charge is 2.41. The Balaban J connectivity index is 2.38. The van der Waals surface area contributed by atoms with E-state index in [-0.39, 0.29) is 0 Å². The zero-order chi connectivity index (χ0) is 10.7. The number of aromatic nitrogens is 1. The van der Waals surface area contributed by atoms with Gasteiger partial charge < -0.3 is 5.11 Å². The lowest BCUT2D eigenvalue weighted by Gasteiger charge is -2.32. The van der Waals surface area contributed by atoms with Gasteiger partial charge in [0.2, 0.25) is 0 Å². The summed E-state index contributed by atoms with van der Waals surface area (Å²) in [6, 6.07) is 3.61. The van der Waals surface area contributed by atoms with E-state index in [1.54, 1.807) is 12.3 Å². The predicted molar refractivity (Wildman–Crippen MR) is 55.5 cm³/mol. The van der Waals surface area contributed by atoms with Crippen LogP contribution in [-0.4, -0.2) is 16.1 Å². The van der Waals surface area contributed by atoms with Gasteiger partial charge in [-0.05, 0) is 24.5 Å². The lowest BCUT2D eigenvalue weighted by Crippen LogP contribution is -2.37. The normalized spacial score (nSPS) is 19.7. The number of aliphatic carboxylic acids is 1. The largest absolute Gasteiger partial charge is 0.481 e. The third kappa shape index (κ3) is 1.74. The number of carboxylic acid groups (broad SMARTS) is 1. The molecule has 3 nitrogen and oxygen atoms in total. The minimum atomic E-state index is -0.730. The molecule has 0 unspecified atom stereocenters. The number of carboxylic acids is 1. The summed E-state index contributed by atoms with van der Waals surface area (Å²) in [5.41, 5.74) is 0.00387. The maximum atomic E-state index is 11.4. The monoisotopic (exact) mass is 204 g/mol. The molecule has 0 saturated heterocycles. The van der Waals surface area contributed by atoms with Crippen molar-refractivity contribution in [3.8, 4) is 0 Å². The molecule has 1 saturated carbocycles. The van der Waals surface area contributed by atoms with Crippen LogP contribution >= 0.6 is 0 Å². The lowest BCUT2D eigenvalue weighted by molar-refractivity contribution is -0.145. The molecule has 0 aromatic carbocycles. The summed E-state index contributed by atoms with van der Waals surface area (Å²) in [7, 11) is 0. The Kier molecular flexibility index (Phi) is 2.71. The maximum absolute atomic E-state index is 11.4. The van der Waals surface area contributed by atoms with Gasteiger partial charge in [-0.1, -0.05) is 25.3 Å². The predicted octanol–water partition coefficient (Wildman–Crippen LogP) is 2.17. The molecule has 1 heterocycles. The van der Waals surface area contributed by atoms with Crippen molar-refractivity contribution in [1.82, 2.24) is 4.98 Å². The molecule has 2 rings (SSSR count). The summed E-state index contributed by atoms with van der Waals surface area (Å²) in [5, 5.41) is 9.39. The molecule has 0 bridgehead atoms. The summed E-state index contributed by atoms with van der Waals surface area (Å²) in [5.74, 6) is -0.730. The maximum Gasteiger partial charge on any atom is 0.314 e. The average molecular weight is 204 g/mol. The van der Waals surface area contributed by atoms with Crippen LogP contribution < -0.4 is 0 Å². The van der Waals surface area contributed by atoms with E-state index in [1.165, 1.54) is 0 Å². The van der Waals surface area contributed by atoms with Gasteiger partial charge in [0.15, 0.2) is 0 Å². The van der Waals surface area contributed by atoms with E-state index >= 15 is 0 Å². The Bertz CT molecular complexity index is 342. The number of hydrogen-bond donors (Lipinski definition) is 1. The Morgan fingerprint density at radius 1 is 1.40 bits per heavy atom. The highest BCUT2D eigenvalue weighted by Crippen LogP contribution is 2.39. The van der Waals surface area contributed by atoms with Crippen LogP contribution in [-0.2, 0) is 10.2 Å². The van der Waals surface area contributed by atoms with Crippen LogP contribution in [0.15, 0.2) is 18.3 Å². The molecule has 1 N–H and O–H groups in total. The molecule has 0 spiro atoms. The molecular formula is C12H14NO2. The van der Waals surface area contributed by atoms with Crippen molar-refractivity contribution in [2.45, 2.75) is 37.5 Å². The van der Waals surface area contributed by atoms with Crippen molar-refractivity contribution in [3.63, 3.8) is 0 Å². The molecule has 3 heteroatoms.